The zero-order valence-electron chi connectivity index (χ0n) is 15.3. The number of thiophene rings is 1. The van der Waals surface area contributed by atoms with Crippen molar-refractivity contribution in [2.24, 2.45) is 0 Å². The maximum absolute atomic E-state index is 13.2. The second-order valence-corrected chi connectivity index (χ2v) is 9.15. The highest BCUT2D eigenvalue weighted by Gasteiger charge is 2.33. The van der Waals surface area contributed by atoms with E-state index >= 15 is 0 Å². The molecular weight excluding hydrogens is 441 g/mol. The lowest BCUT2D eigenvalue weighted by Crippen LogP contribution is -2.22. The molecule has 4 aromatic rings. The molecule has 0 bridgehead atoms. The van der Waals surface area contributed by atoms with Gasteiger partial charge in [-0.1, -0.05) is 6.07 Å². The van der Waals surface area contributed by atoms with E-state index in [-0.39, 0.29) is 22.7 Å². The van der Waals surface area contributed by atoms with Crippen molar-refractivity contribution in [1.29, 1.82) is 0 Å². The number of hydrogen-bond donors (Lipinski definition) is 0. The summed E-state index contributed by atoms with van der Waals surface area (Å²) in [4.78, 5) is 12.9. The molecule has 0 saturated heterocycles. The molecule has 12 heteroatoms. The summed E-state index contributed by atoms with van der Waals surface area (Å²) >= 11 is 1.35. The molecule has 7 nitrogen and oxygen atoms in total. The van der Waals surface area contributed by atoms with E-state index in [0.29, 0.717) is 5.56 Å². The summed E-state index contributed by atoms with van der Waals surface area (Å²) in [5, 5.41) is 10.4. The van der Waals surface area contributed by atoms with Gasteiger partial charge >= 0.3 is 11.7 Å². The number of fused-ring (bicyclic) bond motifs is 1. The lowest BCUT2D eigenvalue weighted by molar-refractivity contribution is -0.138. The topological polar surface area (TPSA) is 86.3 Å². The summed E-state index contributed by atoms with van der Waals surface area (Å²) in [5.41, 5.74) is -1.51. The van der Waals surface area contributed by atoms with Crippen LogP contribution in [0, 0.1) is 6.92 Å². The zero-order valence-corrected chi connectivity index (χ0v) is 16.9. The maximum atomic E-state index is 13.2. The zero-order chi connectivity index (χ0) is 21.7. The highest BCUT2D eigenvalue weighted by atomic mass is 32.2. The third-order valence-corrected chi connectivity index (χ3v) is 6.80. The van der Waals surface area contributed by atoms with Crippen LogP contribution in [0.1, 0.15) is 16.7 Å². The first-order valence-corrected chi connectivity index (χ1v) is 11.1. The van der Waals surface area contributed by atoms with Crippen molar-refractivity contribution in [1.82, 2.24) is 19.2 Å². The molecule has 0 aliphatic heterocycles. The standard InChI is InChI=1S/C18H13F3N4O3S2/c1-11-13(18(19,20)21)3-2-4-14(11)24-6-7-25-15(16(24)26)22-23-17(25)30(27,28)10-12-5-8-29-9-12/h2-9H,10H2,1H3. The molecule has 0 saturated carbocycles. The largest absolute Gasteiger partial charge is 0.416 e. The van der Waals surface area contributed by atoms with E-state index in [9.17, 15) is 26.4 Å². The van der Waals surface area contributed by atoms with E-state index in [2.05, 4.69) is 10.2 Å². The summed E-state index contributed by atoms with van der Waals surface area (Å²) in [6.07, 6.45) is -2.13. The van der Waals surface area contributed by atoms with Crippen LogP contribution in [0.15, 0.2) is 57.4 Å². The molecule has 0 atom stereocenters. The molecule has 3 heterocycles. The van der Waals surface area contributed by atoms with Crippen molar-refractivity contribution >= 4 is 26.8 Å². The van der Waals surface area contributed by atoms with Crippen LogP contribution in [-0.2, 0) is 21.8 Å². The smallest absolute Gasteiger partial charge is 0.279 e. The molecule has 0 aliphatic rings. The molecule has 156 valence electrons. The number of hydrogen-bond acceptors (Lipinski definition) is 6. The van der Waals surface area contributed by atoms with Crippen LogP contribution in [0.25, 0.3) is 11.3 Å². The van der Waals surface area contributed by atoms with Gasteiger partial charge in [0.05, 0.1) is 17.0 Å². The molecule has 4 rings (SSSR count). The van der Waals surface area contributed by atoms with Gasteiger partial charge < -0.3 is 0 Å². The van der Waals surface area contributed by atoms with Crippen molar-refractivity contribution in [2.75, 3.05) is 0 Å². The fourth-order valence-electron chi connectivity index (χ4n) is 3.12. The fraction of sp³-hybridized carbons (Fsp3) is 0.167. The number of sulfone groups is 1. The summed E-state index contributed by atoms with van der Waals surface area (Å²) in [6.45, 7) is 1.26. The van der Waals surface area contributed by atoms with Gasteiger partial charge in [-0.25, -0.2) is 8.42 Å². The second kappa shape index (κ2) is 7.06. The van der Waals surface area contributed by atoms with Gasteiger partial charge in [0, 0.05) is 12.4 Å². The Kier molecular flexibility index (Phi) is 4.77. The van der Waals surface area contributed by atoms with Gasteiger partial charge in [-0.2, -0.15) is 24.5 Å². The molecule has 30 heavy (non-hydrogen) atoms. The first kappa shape index (κ1) is 20.3. The predicted octanol–water partition coefficient (Wildman–Crippen LogP) is 3.24. The fourth-order valence-corrected chi connectivity index (χ4v) is 5.25. The van der Waals surface area contributed by atoms with Crippen molar-refractivity contribution in [3.63, 3.8) is 0 Å². The quantitative estimate of drug-likeness (QED) is 0.473. The molecule has 0 spiro atoms. The Morgan fingerprint density at radius 3 is 2.57 bits per heavy atom. The van der Waals surface area contributed by atoms with E-state index in [0.717, 1.165) is 15.0 Å². The third-order valence-electron chi connectivity index (χ3n) is 4.52. The molecule has 0 radical (unpaired) electrons. The van der Waals surface area contributed by atoms with Gasteiger partial charge in [0.15, 0.2) is 0 Å². The Morgan fingerprint density at radius 1 is 1.13 bits per heavy atom. The number of aromatic nitrogens is 4. The van der Waals surface area contributed by atoms with Crippen molar-refractivity contribution in [3.8, 4) is 5.69 Å². The monoisotopic (exact) mass is 454 g/mol. The molecule has 0 fully saturated rings. The summed E-state index contributed by atoms with van der Waals surface area (Å²) in [5.74, 6) is -0.312. The van der Waals surface area contributed by atoms with E-state index in [1.54, 1.807) is 16.8 Å². The maximum Gasteiger partial charge on any atom is 0.416 e. The summed E-state index contributed by atoms with van der Waals surface area (Å²) in [7, 11) is -3.90. The van der Waals surface area contributed by atoms with Gasteiger partial charge in [0.2, 0.25) is 15.5 Å². The number of nitrogens with zero attached hydrogens (tertiary/aromatic N) is 4. The van der Waals surface area contributed by atoms with Crippen LogP contribution in [0.4, 0.5) is 13.2 Å². The Morgan fingerprint density at radius 2 is 1.90 bits per heavy atom. The first-order valence-electron chi connectivity index (χ1n) is 8.47. The molecule has 1 aromatic carbocycles. The second-order valence-electron chi connectivity index (χ2n) is 6.49. The molecule has 0 N–H and O–H groups in total. The van der Waals surface area contributed by atoms with Gasteiger partial charge in [-0.05, 0) is 47.0 Å². The molecule has 0 aliphatic carbocycles. The van der Waals surface area contributed by atoms with Crippen LogP contribution in [-0.4, -0.2) is 27.6 Å². The van der Waals surface area contributed by atoms with Crippen LogP contribution < -0.4 is 5.56 Å². The minimum atomic E-state index is -4.58. The molecule has 0 unspecified atom stereocenters. The molecular formula is C18H13F3N4O3S2. The van der Waals surface area contributed by atoms with E-state index in [4.69, 9.17) is 0 Å². The Labute approximate surface area is 172 Å². The Hall–Kier alpha value is -2.99. The van der Waals surface area contributed by atoms with Crippen LogP contribution in [0.3, 0.4) is 0 Å². The van der Waals surface area contributed by atoms with E-state index < -0.39 is 32.3 Å². The number of rotatable bonds is 4. The SMILES string of the molecule is Cc1c(-n2ccn3c(S(=O)(=O)Cc4ccsc4)nnc3c2=O)cccc1C(F)(F)F. The van der Waals surface area contributed by atoms with Crippen LogP contribution >= 0.6 is 11.3 Å². The van der Waals surface area contributed by atoms with Gasteiger partial charge in [-0.15, -0.1) is 10.2 Å². The lowest BCUT2D eigenvalue weighted by Gasteiger charge is -2.15. The van der Waals surface area contributed by atoms with Gasteiger partial charge in [0.25, 0.3) is 5.16 Å². The van der Waals surface area contributed by atoms with Gasteiger partial charge in [-0.3, -0.25) is 13.8 Å². The molecule has 0 amide bonds. The number of alkyl halides is 3. The number of benzene rings is 1. The van der Waals surface area contributed by atoms with Crippen molar-refractivity contribution in [3.05, 3.63) is 74.5 Å². The minimum absolute atomic E-state index is 0.0167. The van der Waals surface area contributed by atoms with Crippen molar-refractivity contribution in [2.45, 2.75) is 24.0 Å². The first-order chi connectivity index (χ1) is 14.1. The van der Waals surface area contributed by atoms with Crippen LogP contribution in [0.5, 0.6) is 0 Å². The summed E-state index contributed by atoms with van der Waals surface area (Å²) in [6, 6.07) is 5.15. The summed E-state index contributed by atoms with van der Waals surface area (Å²) < 4.78 is 67.0. The normalized spacial score (nSPS) is 12.5. The minimum Gasteiger partial charge on any atom is -0.279 e. The van der Waals surface area contributed by atoms with Crippen molar-refractivity contribution < 1.29 is 21.6 Å². The predicted molar refractivity (Wildman–Crippen MR) is 104 cm³/mol. The average molecular weight is 454 g/mol. The number of halogens is 3. The third kappa shape index (κ3) is 3.41. The molecule has 3 aromatic heterocycles. The van der Waals surface area contributed by atoms with E-state index in [1.165, 1.54) is 42.8 Å². The van der Waals surface area contributed by atoms with Gasteiger partial charge in [0.1, 0.15) is 0 Å². The average Bonchev–Trinajstić information content (AvgIpc) is 3.31. The Bertz CT molecular complexity index is 1400. The Balaban J connectivity index is 1.84. The van der Waals surface area contributed by atoms with E-state index in [1.807, 2.05) is 0 Å². The highest BCUT2D eigenvalue weighted by Crippen LogP contribution is 2.33. The lowest BCUT2D eigenvalue weighted by atomic mass is 10.1. The highest BCUT2D eigenvalue weighted by molar-refractivity contribution is 7.90. The van der Waals surface area contributed by atoms with Crippen LogP contribution in [0.2, 0.25) is 0 Å².